The average Bonchev–Trinajstić information content (AvgIpc) is 3.26. The third-order valence-corrected chi connectivity index (χ3v) is 8.72. The summed E-state index contributed by atoms with van der Waals surface area (Å²) in [6.07, 6.45) is 9.15. The first kappa shape index (κ1) is 28.4. The van der Waals surface area contributed by atoms with E-state index in [1.54, 1.807) is 6.07 Å². The quantitative estimate of drug-likeness (QED) is 0.276. The summed E-state index contributed by atoms with van der Waals surface area (Å²) in [5.41, 5.74) is 2.04. The molecule has 1 saturated carbocycles. The van der Waals surface area contributed by atoms with Crippen LogP contribution in [-0.2, 0) is 23.0 Å². The number of amides is 1. The van der Waals surface area contributed by atoms with Crippen molar-refractivity contribution >= 4 is 38.7 Å². The van der Waals surface area contributed by atoms with Crippen LogP contribution in [0.15, 0.2) is 30.3 Å². The maximum Gasteiger partial charge on any atom is 0.283 e. The molecule has 1 N–H and O–H groups in total. The molecule has 2 heterocycles. The van der Waals surface area contributed by atoms with Gasteiger partial charge in [0.25, 0.3) is 5.91 Å². The lowest BCUT2D eigenvalue weighted by molar-refractivity contribution is 0.0977. The number of rotatable bonds is 12. The van der Waals surface area contributed by atoms with Crippen LogP contribution in [0.4, 0.5) is 0 Å². The molecule has 2 aromatic heterocycles. The van der Waals surface area contributed by atoms with Gasteiger partial charge >= 0.3 is 0 Å². The summed E-state index contributed by atoms with van der Waals surface area (Å²) in [5, 5.41) is 0.585. The number of carbonyl (C=O) groups is 1. The second-order valence-electron chi connectivity index (χ2n) is 10.0. The van der Waals surface area contributed by atoms with Gasteiger partial charge in [0.05, 0.1) is 18.9 Å². The fraction of sp³-hybridized carbons (Fsp3) is 0.536. The first-order chi connectivity index (χ1) is 18.3. The third kappa shape index (κ3) is 7.26. The predicted octanol–water partition coefficient (Wildman–Crippen LogP) is 5.90. The number of ether oxygens (including phenoxy) is 1. The summed E-state index contributed by atoms with van der Waals surface area (Å²) in [5.74, 6) is 1.33. The van der Waals surface area contributed by atoms with Crippen LogP contribution >= 0.6 is 11.6 Å². The fourth-order valence-electron chi connectivity index (χ4n) is 4.88. The molecule has 10 heteroatoms. The highest BCUT2D eigenvalue weighted by Crippen LogP contribution is 2.28. The van der Waals surface area contributed by atoms with Gasteiger partial charge in [0.15, 0.2) is 5.65 Å². The Morgan fingerprint density at radius 1 is 1.11 bits per heavy atom. The second kappa shape index (κ2) is 12.9. The van der Waals surface area contributed by atoms with Crippen molar-refractivity contribution in [3.63, 3.8) is 0 Å². The monoisotopic (exact) mass is 560 g/mol. The van der Waals surface area contributed by atoms with Crippen LogP contribution in [0.25, 0.3) is 11.2 Å². The summed E-state index contributed by atoms with van der Waals surface area (Å²) in [6, 6.07) is 8.93. The Bertz CT molecular complexity index is 1370. The first-order valence-electron chi connectivity index (χ1n) is 13.6. The van der Waals surface area contributed by atoms with Gasteiger partial charge in [-0.1, -0.05) is 63.6 Å². The molecule has 1 fully saturated rings. The van der Waals surface area contributed by atoms with E-state index >= 15 is 0 Å². The molecule has 1 aromatic carbocycles. The highest BCUT2D eigenvalue weighted by atomic mass is 35.5. The lowest BCUT2D eigenvalue weighted by atomic mass is 9.90. The Morgan fingerprint density at radius 2 is 1.89 bits per heavy atom. The molecule has 8 nitrogen and oxygen atoms in total. The molecule has 0 radical (unpaired) electrons. The number of pyridine rings is 1. The summed E-state index contributed by atoms with van der Waals surface area (Å²) in [7, 11) is -3.73. The van der Waals surface area contributed by atoms with Crippen LogP contribution in [0.3, 0.4) is 0 Å². The van der Waals surface area contributed by atoms with Crippen molar-refractivity contribution in [3.05, 3.63) is 52.4 Å². The Balaban J connectivity index is 1.51. The standard InChI is InChI=1S/C28H37ClN4O4S/c1-3-5-9-16-38(35,36)32-28(34)25-15-14-24-27(31-25)33(26(4-2)30-24)18-21-12-13-22(17-23(21)29)37-19-20-10-7-6-8-11-20/h12-15,17,20H,3-11,16,18-19H2,1-2H3,(H,32,34). The minimum Gasteiger partial charge on any atom is -0.493 e. The summed E-state index contributed by atoms with van der Waals surface area (Å²) in [4.78, 5) is 21.9. The van der Waals surface area contributed by atoms with Crippen molar-refractivity contribution in [2.45, 2.75) is 78.2 Å². The van der Waals surface area contributed by atoms with Gasteiger partial charge < -0.3 is 9.30 Å². The Morgan fingerprint density at radius 3 is 2.61 bits per heavy atom. The van der Waals surface area contributed by atoms with E-state index in [2.05, 4.69) is 14.7 Å². The molecular formula is C28H37ClN4O4S. The molecule has 1 aliphatic carbocycles. The van der Waals surface area contributed by atoms with Crippen molar-refractivity contribution in [2.75, 3.05) is 12.4 Å². The number of sulfonamides is 1. The van der Waals surface area contributed by atoms with E-state index in [1.807, 2.05) is 36.6 Å². The summed E-state index contributed by atoms with van der Waals surface area (Å²) < 4.78 is 34.7. The largest absolute Gasteiger partial charge is 0.493 e. The van der Waals surface area contributed by atoms with Gasteiger partial charge in [-0.15, -0.1) is 0 Å². The zero-order chi connectivity index (χ0) is 27.1. The molecule has 1 amide bonds. The van der Waals surface area contributed by atoms with E-state index in [4.69, 9.17) is 16.3 Å². The third-order valence-electron chi connectivity index (χ3n) is 7.05. The number of imidazole rings is 1. The minimum absolute atomic E-state index is 0.0259. The number of nitrogens with one attached hydrogen (secondary N) is 1. The number of aromatic nitrogens is 3. The second-order valence-corrected chi connectivity index (χ2v) is 12.3. The van der Waals surface area contributed by atoms with Gasteiger partial charge in [-0.25, -0.2) is 23.1 Å². The zero-order valence-corrected chi connectivity index (χ0v) is 23.8. The molecule has 0 unspecified atom stereocenters. The number of halogens is 1. The van der Waals surface area contributed by atoms with E-state index in [1.165, 1.54) is 38.2 Å². The number of unbranched alkanes of at least 4 members (excludes halogenated alkanes) is 2. The highest BCUT2D eigenvalue weighted by Gasteiger charge is 2.20. The van der Waals surface area contributed by atoms with Crippen LogP contribution in [0, 0.1) is 5.92 Å². The molecule has 0 saturated heterocycles. The molecule has 0 bridgehead atoms. The lowest BCUT2D eigenvalue weighted by Crippen LogP contribution is -2.33. The number of fused-ring (bicyclic) bond motifs is 1. The molecule has 3 aromatic rings. The maximum absolute atomic E-state index is 12.7. The molecule has 0 spiro atoms. The molecule has 0 atom stereocenters. The van der Waals surface area contributed by atoms with Crippen LogP contribution < -0.4 is 9.46 Å². The van der Waals surface area contributed by atoms with Gasteiger partial charge in [-0.2, -0.15) is 0 Å². The molecule has 0 aliphatic heterocycles. The Labute approximate surface area is 230 Å². The molecule has 206 valence electrons. The van der Waals surface area contributed by atoms with Crippen molar-refractivity contribution in [1.82, 2.24) is 19.3 Å². The summed E-state index contributed by atoms with van der Waals surface area (Å²) in [6.45, 7) is 5.11. The van der Waals surface area contributed by atoms with Crippen molar-refractivity contribution in [3.8, 4) is 5.75 Å². The fourth-order valence-corrected chi connectivity index (χ4v) is 6.19. The van der Waals surface area contributed by atoms with Gasteiger partial charge in [0.2, 0.25) is 10.0 Å². The number of benzene rings is 1. The number of carbonyl (C=O) groups excluding carboxylic acids is 1. The van der Waals surface area contributed by atoms with Crippen molar-refractivity contribution in [1.29, 1.82) is 0 Å². The number of aryl methyl sites for hydroxylation is 1. The zero-order valence-electron chi connectivity index (χ0n) is 22.2. The van der Waals surface area contributed by atoms with E-state index in [-0.39, 0.29) is 11.4 Å². The number of nitrogens with zero attached hydrogens (tertiary/aromatic N) is 3. The Kier molecular flexibility index (Phi) is 9.65. The smallest absolute Gasteiger partial charge is 0.283 e. The van der Waals surface area contributed by atoms with Crippen molar-refractivity contribution < 1.29 is 17.9 Å². The normalized spacial score (nSPS) is 14.6. The first-order valence-corrected chi connectivity index (χ1v) is 15.6. The maximum atomic E-state index is 12.7. The average molecular weight is 561 g/mol. The van der Waals surface area contributed by atoms with E-state index in [9.17, 15) is 13.2 Å². The van der Waals surface area contributed by atoms with Gasteiger partial charge in [-0.3, -0.25) is 4.79 Å². The van der Waals surface area contributed by atoms with Crippen LogP contribution in [0.1, 0.15) is 87.1 Å². The molecular weight excluding hydrogens is 524 g/mol. The summed E-state index contributed by atoms with van der Waals surface area (Å²) >= 11 is 6.66. The Hall–Kier alpha value is -2.65. The van der Waals surface area contributed by atoms with Gasteiger partial charge in [0, 0.05) is 11.4 Å². The van der Waals surface area contributed by atoms with E-state index in [0.717, 1.165) is 30.0 Å². The molecule has 1 aliphatic rings. The van der Waals surface area contributed by atoms with Gasteiger partial charge in [-0.05, 0) is 55.0 Å². The lowest BCUT2D eigenvalue weighted by Gasteiger charge is -2.21. The predicted molar refractivity (Wildman–Crippen MR) is 150 cm³/mol. The van der Waals surface area contributed by atoms with Crippen LogP contribution in [-0.4, -0.2) is 41.2 Å². The SMILES string of the molecule is CCCCCS(=O)(=O)NC(=O)c1ccc2nc(CC)n(Cc3ccc(OCC4CCCCC4)cc3Cl)c2n1. The highest BCUT2D eigenvalue weighted by molar-refractivity contribution is 7.90. The topological polar surface area (TPSA) is 103 Å². The van der Waals surface area contributed by atoms with Crippen molar-refractivity contribution in [2.24, 2.45) is 5.92 Å². The van der Waals surface area contributed by atoms with Crippen LogP contribution in [0.5, 0.6) is 5.75 Å². The number of hydrogen-bond acceptors (Lipinski definition) is 6. The van der Waals surface area contributed by atoms with E-state index in [0.29, 0.717) is 48.1 Å². The van der Waals surface area contributed by atoms with E-state index < -0.39 is 15.9 Å². The molecule has 38 heavy (non-hydrogen) atoms. The molecule has 4 rings (SSSR count). The van der Waals surface area contributed by atoms with Crippen LogP contribution in [0.2, 0.25) is 5.02 Å². The minimum atomic E-state index is -3.73. The van der Waals surface area contributed by atoms with Gasteiger partial charge in [0.1, 0.15) is 22.8 Å². The number of hydrogen-bond donors (Lipinski definition) is 1.